The molecule has 5 rings (SSSR count). The highest BCUT2D eigenvalue weighted by Gasteiger charge is 2.36. The maximum absolute atomic E-state index is 13.0. The zero-order valence-corrected chi connectivity index (χ0v) is 21.8. The Labute approximate surface area is 214 Å². The van der Waals surface area contributed by atoms with E-state index >= 15 is 0 Å². The van der Waals surface area contributed by atoms with E-state index in [2.05, 4.69) is 41.1 Å². The molecule has 182 valence electrons. The normalized spacial score (nSPS) is 17.9. The third-order valence-corrected chi connectivity index (χ3v) is 7.86. The summed E-state index contributed by atoms with van der Waals surface area (Å²) in [5, 5.41) is 9.42. The first kappa shape index (κ1) is 23.8. The number of likely N-dealkylation sites (tertiary alicyclic amines) is 1. The van der Waals surface area contributed by atoms with Crippen LogP contribution in [-0.4, -0.2) is 41.2 Å². The summed E-state index contributed by atoms with van der Waals surface area (Å²) >= 11 is 3.62. The number of hydrogen-bond acceptors (Lipinski definition) is 4. The van der Waals surface area contributed by atoms with Crippen LogP contribution in [0, 0.1) is 12.8 Å². The minimum atomic E-state index is 0.135. The van der Waals surface area contributed by atoms with Crippen molar-refractivity contribution in [3.8, 4) is 5.75 Å². The fourth-order valence-corrected chi connectivity index (χ4v) is 6.12. The Morgan fingerprint density at radius 1 is 1.17 bits per heavy atom. The molecule has 1 fully saturated rings. The number of piperidine rings is 1. The van der Waals surface area contributed by atoms with Gasteiger partial charge >= 0.3 is 0 Å². The highest BCUT2D eigenvalue weighted by molar-refractivity contribution is 9.10. The Bertz CT molecular complexity index is 1240. The molecule has 2 aliphatic rings. The van der Waals surface area contributed by atoms with E-state index in [0.29, 0.717) is 12.3 Å². The van der Waals surface area contributed by atoms with E-state index in [0.717, 1.165) is 65.0 Å². The Kier molecular flexibility index (Phi) is 6.78. The van der Waals surface area contributed by atoms with Gasteiger partial charge in [-0.25, -0.2) is 0 Å². The summed E-state index contributed by atoms with van der Waals surface area (Å²) in [6.07, 6.45) is 9.14. The first-order valence-electron chi connectivity index (χ1n) is 12.2. The molecule has 0 radical (unpaired) electrons. The third kappa shape index (κ3) is 4.92. The third-order valence-electron chi connectivity index (χ3n) is 7.43. The number of rotatable bonds is 4. The van der Waals surface area contributed by atoms with Crippen LogP contribution in [0.25, 0.3) is 0 Å². The summed E-state index contributed by atoms with van der Waals surface area (Å²) < 4.78 is 7.92. The monoisotopic (exact) mass is 536 g/mol. The summed E-state index contributed by atoms with van der Waals surface area (Å²) in [5.41, 5.74) is 7.20. The number of aryl methyl sites for hydroxylation is 3. The maximum Gasteiger partial charge on any atom is 0.226 e. The van der Waals surface area contributed by atoms with Crippen molar-refractivity contribution >= 4 is 21.8 Å². The Balaban J connectivity index is 1.42. The van der Waals surface area contributed by atoms with E-state index in [9.17, 15) is 10.0 Å². The number of carbonyl (C=O) groups is 1. The van der Waals surface area contributed by atoms with Gasteiger partial charge in [-0.2, -0.15) is 0 Å². The molecule has 0 spiro atoms. The summed E-state index contributed by atoms with van der Waals surface area (Å²) in [5.74, 6) is 1.62. The molecule has 0 bridgehead atoms. The Morgan fingerprint density at radius 3 is 2.60 bits per heavy atom. The second-order valence-corrected chi connectivity index (χ2v) is 10.6. The van der Waals surface area contributed by atoms with Crippen molar-refractivity contribution in [2.75, 3.05) is 20.2 Å². The fourth-order valence-electron chi connectivity index (χ4n) is 5.74. The highest BCUT2D eigenvalue weighted by atomic mass is 79.9. The van der Waals surface area contributed by atoms with Crippen molar-refractivity contribution in [2.45, 2.75) is 44.9 Å². The average molecular weight is 537 g/mol. The summed E-state index contributed by atoms with van der Waals surface area (Å²) in [7, 11) is 1.76. The number of nitrogens with zero attached hydrogens (tertiary/aromatic N) is 3. The molecule has 6 nitrogen and oxygen atoms in total. The van der Waals surface area contributed by atoms with Gasteiger partial charge in [0, 0.05) is 52.1 Å². The lowest BCUT2D eigenvalue weighted by Crippen LogP contribution is -2.41. The Morgan fingerprint density at radius 2 is 1.89 bits per heavy atom. The molecule has 2 aromatic heterocycles. The van der Waals surface area contributed by atoms with Crippen LogP contribution in [0.1, 0.15) is 52.3 Å². The lowest BCUT2D eigenvalue weighted by Gasteiger charge is -2.37. The molecule has 1 N–H and O–H groups in total. The zero-order valence-electron chi connectivity index (χ0n) is 20.2. The van der Waals surface area contributed by atoms with Crippen LogP contribution in [0.3, 0.4) is 0 Å². The van der Waals surface area contributed by atoms with E-state index in [4.69, 9.17) is 9.72 Å². The molecule has 1 aliphatic heterocycles. The Hall–Kier alpha value is -2.93. The number of fused-ring (bicyclic) bond motifs is 2. The van der Waals surface area contributed by atoms with Crippen LogP contribution in [0.4, 0.5) is 0 Å². The first-order chi connectivity index (χ1) is 16.9. The molecule has 1 aliphatic carbocycles. The van der Waals surface area contributed by atoms with Gasteiger partial charge in [-0.15, -0.1) is 0 Å². The number of pyridine rings is 2. The molecule has 3 aromatic rings. The SMILES string of the molecule is COc1cc(C)cc2c1C(C1CCN(C(=O)Cc3cc[n+](O)cc3)CC1)c1ncc(Br)cc1CC2. The van der Waals surface area contributed by atoms with Crippen LogP contribution in [-0.2, 0) is 24.1 Å². The number of ether oxygens (including phenoxy) is 1. The zero-order chi connectivity index (χ0) is 24.5. The van der Waals surface area contributed by atoms with Gasteiger partial charge in [-0.3, -0.25) is 15.0 Å². The molecule has 0 saturated carbocycles. The quantitative estimate of drug-likeness (QED) is 0.396. The number of hydrogen-bond donors (Lipinski definition) is 1. The topological polar surface area (TPSA) is 66.5 Å². The number of aromatic nitrogens is 2. The molecular formula is C28H31BrN3O3+. The minimum Gasteiger partial charge on any atom is -0.496 e. The number of halogens is 1. The predicted molar refractivity (Wildman–Crippen MR) is 136 cm³/mol. The number of methoxy groups -OCH3 is 1. The van der Waals surface area contributed by atoms with Crippen molar-refractivity contribution in [2.24, 2.45) is 5.92 Å². The molecule has 3 heterocycles. The van der Waals surface area contributed by atoms with Gasteiger partial charge in [-0.1, -0.05) is 6.07 Å². The second kappa shape index (κ2) is 9.97. The largest absolute Gasteiger partial charge is 0.496 e. The molecule has 1 amide bonds. The van der Waals surface area contributed by atoms with Crippen LogP contribution in [0.5, 0.6) is 5.75 Å². The lowest BCUT2D eigenvalue weighted by molar-refractivity contribution is -0.904. The number of benzene rings is 1. The van der Waals surface area contributed by atoms with Crippen LogP contribution in [0.15, 0.2) is 53.4 Å². The standard InChI is InChI=1S/C28H31BrN3O3/c1-18-13-21-3-4-22-16-23(29)17-30-28(22)27(26(21)24(14-18)35-2)20-7-9-31(10-8-20)25(33)15-19-5-11-32(34)12-6-19/h5-6,11-14,16-17,20,27,34H,3-4,7-10,15H2,1-2H3/q+1. The first-order valence-corrected chi connectivity index (χ1v) is 13.0. The summed E-state index contributed by atoms with van der Waals surface area (Å²) in [4.78, 5) is 19.9. The average Bonchev–Trinajstić information content (AvgIpc) is 3.01. The van der Waals surface area contributed by atoms with E-state index < -0.39 is 0 Å². The summed E-state index contributed by atoms with van der Waals surface area (Å²) in [6.45, 7) is 3.60. The van der Waals surface area contributed by atoms with Gasteiger partial charge in [0.1, 0.15) is 5.75 Å². The van der Waals surface area contributed by atoms with E-state index in [1.54, 1.807) is 31.6 Å². The van der Waals surface area contributed by atoms with E-state index in [-0.39, 0.29) is 11.8 Å². The molecule has 35 heavy (non-hydrogen) atoms. The van der Waals surface area contributed by atoms with Crippen molar-refractivity contribution in [3.63, 3.8) is 0 Å². The molecule has 1 saturated heterocycles. The van der Waals surface area contributed by atoms with Gasteiger partial charge in [0.2, 0.25) is 18.3 Å². The van der Waals surface area contributed by atoms with Crippen LogP contribution < -0.4 is 9.47 Å². The molecule has 1 atom stereocenters. The van der Waals surface area contributed by atoms with Crippen LogP contribution >= 0.6 is 15.9 Å². The van der Waals surface area contributed by atoms with Crippen molar-refractivity contribution in [3.05, 3.63) is 86.9 Å². The van der Waals surface area contributed by atoms with Crippen molar-refractivity contribution in [1.29, 1.82) is 0 Å². The predicted octanol–water partition coefficient (Wildman–Crippen LogP) is 4.40. The van der Waals surface area contributed by atoms with Gasteiger partial charge < -0.3 is 9.64 Å². The fraction of sp³-hybridized carbons (Fsp3) is 0.393. The molecule has 1 unspecified atom stereocenters. The van der Waals surface area contributed by atoms with Gasteiger partial charge in [-0.05, 0) is 88.8 Å². The second-order valence-electron chi connectivity index (χ2n) is 9.70. The minimum absolute atomic E-state index is 0.135. The molecular weight excluding hydrogens is 506 g/mol. The highest BCUT2D eigenvalue weighted by Crippen LogP contribution is 2.46. The van der Waals surface area contributed by atoms with Gasteiger partial charge in [0.05, 0.1) is 19.2 Å². The van der Waals surface area contributed by atoms with Crippen molar-refractivity contribution < 1.29 is 19.5 Å². The molecule has 1 aromatic carbocycles. The van der Waals surface area contributed by atoms with Gasteiger partial charge in [0.15, 0.2) is 0 Å². The van der Waals surface area contributed by atoms with E-state index in [1.807, 2.05) is 11.1 Å². The number of carbonyl (C=O) groups excluding carboxylic acids is 1. The van der Waals surface area contributed by atoms with Crippen molar-refractivity contribution in [1.82, 2.24) is 9.88 Å². The molecule has 7 heteroatoms. The maximum atomic E-state index is 13.0. The van der Waals surface area contributed by atoms with Gasteiger partial charge in [0.25, 0.3) is 0 Å². The number of amides is 1. The van der Waals surface area contributed by atoms with E-state index in [1.165, 1.54) is 22.3 Å². The summed E-state index contributed by atoms with van der Waals surface area (Å²) in [6, 6.07) is 10.2. The smallest absolute Gasteiger partial charge is 0.226 e. The van der Waals surface area contributed by atoms with Crippen LogP contribution in [0.2, 0.25) is 0 Å². The lowest BCUT2D eigenvalue weighted by atomic mass is 9.76.